The second kappa shape index (κ2) is 5.12. The molecule has 0 N–H and O–H groups in total. The molecule has 2 aromatic carbocycles. The van der Waals surface area contributed by atoms with Gasteiger partial charge in [0.15, 0.2) is 17.4 Å². The van der Waals surface area contributed by atoms with Gasteiger partial charge >= 0.3 is 0 Å². The Balaban J connectivity index is 2.31. The second-order valence-electron chi connectivity index (χ2n) is 3.80. The van der Waals surface area contributed by atoms with Crippen molar-refractivity contribution >= 4 is 0 Å². The van der Waals surface area contributed by atoms with Gasteiger partial charge in [0.25, 0.3) is 0 Å². The van der Waals surface area contributed by atoms with Gasteiger partial charge in [-0.3, -0.25) is 0 Å². The predicted molar refractivity (Wildman–Crippen MR) is 62.2 cm³/mol. The molecule has 1 nitrogen and oxygen atoms in total. The third-order valence-corrected chi connectivity index (χ3v) is 2.50. The summed E-state index contributed by atoms with van der Waals surface area (Å²) in [7, 11) is 0. The van der Waals surface area contributed by atoms with E-state index in [9.17, 15) is 13.2 Å². The van der Waals surface area contributed by atoms with Crippen molar-refractivity contribution in [3.05, 3.63) is 59.4 Å². The first-order valence-corrected chi connectivity index (χ1v) is 5.51. The van der Waals surface area contributed by atoms with E-state index in [1.54, 1.807) is 6.92 Å². The van der Waals surface area contributed by atoms with Crippen LogP contribution in [0.25, 0.3) is 0 Å². The normalized spacial score (nSPS) is 10.4. The number of aryl methyl sites for hydroxylation is 1. The van der Waals surface area contributed by atoms with Crippen molar-refractivity contribution in [2.24, 2.45) is 0 Å². The minimum Gasteiger partial charge on any atom is -0.451 e. The van der Waals surface area contributed by atoms with Crippen molar-refractivity contribution in [3.63, 3.8) is 0 Å². The van der Waals surface area contributed by atoms with Crippen LogP contribution >= 0.6 is 0 Å². The molecule has 18 heavy (non-hydrogen) atoms. The molecule has 0 aromatic heterocycles. The lowest BCUT2D eigenvalue weighted by Crippen LogP contribution is -1.95. The fourth-order valence-electron chi connectivity index (χ4n) is 1.53. The van der Waals surface area contributed by atoms with E-state index in [-0.39, 0.29) is 5.75 Å². The van der Waals surface area contributed by atoms with Crippen LogP contribution in [0.3, 0.4) is 0 Å². The molecule has 0 aliphatic carbocycles. The van der Waals surface area contributed by atoms with Gasteiger partial charge in [0, 0.05) is 0 Å². The highest BCUT2D eigenvalue weighted by Crippen LogP contribution is 2.28. The van der Waals surface area contributed by atoms with Crippen LogP contribution in [-0.2, 0) is 6.42 Å². The maximum absolute atomic E-state index is 13.6. The van der Waals surface area contributed by atoms with Crippen molar-refractivity contribution < 1.29 is 17.9 Å². The van der Waals surface area contributed by atoms with Crippen LogP contribution < -0.4 is 4.74 Å². The molecule has 94 valence electrons. The highest BCUT2D eigenvalue weighted by molar-refractivity contribution is 5.36. The van der Waals surface area contributed by atoms with Gasteiger partial charge in [0.1, 0.15) is 11.6 Å². The molecule has 0 fully saturated rings. The summed E-state index contributed by atoms with van der Waals surface area (Å²) < 4.78 is 45.0. The van der Waals surface area contributed by atoms with Crippen LogP contribution in [-0.4, -0.2) is 0 Å². The van der Waals surface area contributed by atoms with Crippen LogP contribution in [0.2, 0.25) is 0 Å². The molecule has 2 aromatic rings. The van der Waals surface area contributed by atoms with Gasteiger partial charge in [-0.1, -0.05) is 6.92 Å². The first-order chi connectivity index (χ1) is 8.60. The smallest absolute Gasteiger partial charge is 0.198 e. The Bertz CT molecular complexity index is 526. The third-order valence-electron chi connectivity index (χ3n) is 2.50. The first kappa shape index (κ1) is 12.5. The van der Waals surface area contributed by atoms with Gasteiger partial charge < -0.3 is 4.74 Å². The Morgan fingerprint density at radius 3 is 2.00 bits per heavy atom. The van der Waals surface area contributed by atoms with Gasteiger partial charge in [0.2, 0.25) is 0 Å². The molecule has 0 heterocycles. The lowest BCUT2D eigenvalue weighted by atomic mass is 10.1. The van der Waals surface area contributed by atoms with Crippen LogP contribution in [0.1, 0.15) is 12.5 Å². The highest BCUT2D eigenvalue weighted by Gasteiger charge is 2.13. The average molecular weight is 252 g/mol. The van der Waals surface area contributed by atoms with Crippen molar-refractivity contribution in [2.45, 2.75) is 13.3 Å². The summed E-state index contributed by atoms with van der Waals surface area (Å²) in [5.41, 5.74) is 0.552. The van der Waals surface area contributed by atoms with Crippen LogP contribution in [0, 0.1) is 17.5 Å². The van der Waals surface area contributed by atoms with E-state index in [0.717, 1.165) is 12.1 Å². The molecule has 2 rings (SSSR count). The summed E-state index contributed by atoms with van der Waals surface area (Å²) in [6, 6.07) is 7.38. The predicted octanol–water partition coefficient (Wildman–Crippen LogP) is 4.46. The zero-order valence-corrected chi connectivity index (χ0v) is 9.71. The Labute approximate surface area is 103 Å². The Kier molecular flexibility index (Phi) is 3.55. The number of benzene rings is 2. The summed E-state index contributed by atoms with van der Waals surface area (Å²) in [4.78, 5) is 0. The lowest BCUT2D eigenvalue weighted by Gasteiger charge is -2.09. The second-order valence-corrected chi connectivity index (χ2v) is 3.80. The molecular weight excluding hydrogens is 241 g/mol. The quantitative estimate of drug-likeness (QED) is 0.783. The number of halogens is 3. The summed E-state index contributed by atoms with van der Waals surface area (Å²) in [5.74, 6) is -2.27. The topological polar surface area (TPSA) is 9.23 Å². The SMILES string of the molecule is CCc1cc(F)c(Oc2ccc(F)cc2)c(F)c1. The minimum absolute atomic E-state index is 0.179. The van der Waals surface area contributed by atoms with Gasteiger partial charge in [0.05, 0.1) is 0 Å². The molecule has 0 aliphatic heterocycles. The van der Waals surface area contributed by atoms with Gasteiger partial charge in [-0.25, -0.2) is 13.2 Å². The molecule has 0 radical (unpaired) electrons. The Hall–Kier alpha value is -1.97. The van der Waals surface area contributed by atoms with E-state index in [0.29, 0.717) is 12.0 Å². The summed E-state index contributed by atoms with van der Waals surface area (Å²) in [5, 5.41) is 0. The summed E-state index contributed by atoms with van der Waals surface area (Å²) in [6.07, 6.45) is 0.532. The number of rotatable bonds is 3. The van der Waals surface area contributed by atoms with Crippen molar-refractivity contribution in [1.82, 2.24) is 0 Å². The zero-order chi connectivity index (χ0) is 13.1. The highest BCUT2D eigenvalue weighted by atomic mass is 19.1. The van der Waals surface area contributed by atoms with Crippen LogP contribution in [0.15, 0.2) is 36.4 Å². The Morgan fingerprint density at radius 2 is 1.50 bits per heavy atom. The molecule has 0 saturated carbocycles. The van der Waals surface area contributed by atoms with E-state index in [4.69, 9.17) is 4.74 Å². The van der Waals surface area contributed by atoms with E-state index in [1.807, 2.05) is 0 Å². The van der Waals surface area contributed by atoms with E-state index in [1.165, 1.54) is 24.3 Å². The molecule has 0 amide bonds. The standard InChI is InChI=1S/C14H11F3O/c1-2-9-7-12(16)14(13(17)8-9)18-11-5-3-10(15)4-6-11/h3-8H,2H2,1H3. The third kappa shape index (κ3) is 2.64. The van der Waals surface area contributed by atoms with Crippen molar-refractivity contribution in [1.29, 1.82) is 0 Å². The van der Waals surface area contributed by atoms with Gasteiger partial charge in [-0.15, -0.1) is 0 Å². The molecule has 0 unspecified atom stereocenters. The van der Waals surface area contributed by atoms with Crippen molar-refractivity contribution in [3.8, 4) is 11.5 Å². The van der Waals surface area contributed by atoms with Crippen LogP contribution in [0.5, 0.6) is 11.5 Å². The fraction of sp³-hybridized carbons (Fsp3) is 0.143. The lowest BCUT2D eigenvalue weighted by molar-refractivity contribution is 0.406. The number of ether oxygens (including phenoxy) is 1. The maximum atomic E-state index is 13.6. The number of hydrogen-bond donors (Lipinski definition) is 0. The summed E-state index contributed by atoms with van der Waals surface area (Å²) >= 11 is 0. The minimum atomic E-state index is -0.767. The van der Waals surface area contributed by atoms with E-state index in [2.05, 4.69) is 0 Å². The number of hydrogen-bond acceptors (Lipinski definition) is 1. The van der Waals surface area contributed by atoms with Gasteiger partial charge in [-0.2, -0.15) is 0 Å². The molecule has 0 bridgehead atoms. The Morgan fingerprint density at radius 1 is 0.944 bits per heavy atom. The molecular formula is C14H11F3O. The summed E-state index contributed by atoms with van der Waals surface area (Å²) in [6.45, 7) is 1.80. The molecule has 0 aliphatic rings. The molecule has 0 saturated heterocycles. The molecule has 0 spiro atoms. The maximum Gasteiger partial charge on any atom is 0.198 e. The zero-order valence-electron chi connectivity index (χ0n) is 9.71. The van der Waals surface area contributed by atoms with Crippen molar-refractivity contribution in [2.75, 3.05) is 0 Å². The first-order valence-electron chi connectivity index (χ1n) is 5.51. The largest absolute Gasteiger partial charge is 0.451 e. The molecule has 0 atom stereocenters. The molecule has 4 heteroatoms. The van der Waals surface area contributed by atoms with E-state index < -0.39 is 23.2 Å². The van der Waals surface area contributed by atoms with Gasteiger partial charge in [-0.05, 0) is 48.4 Å². The van der Waals surface area contributed by atoms with Crippen LogP contribution in [0.4, 0.5) is 13.2 Å². The fourth-order valence-corrected chi connectivity index (χ4v) is 1.53. The van der Waals surface area contributed by atoms with E-state index >= 15 is 0 Å². The average Bonchev–Trinajstić information content (AvgIpc) is 2.35. The monoisotopic (exact) mass is 252 g/mol.